The minimum atomic E-state index is -0.276. The Kier molecular flexibility index (Phi) is 4.92. The Morgan fingerprint density at radius 3 is 2.50 bits per heavy atom. The summed E-state index contributed by atoms with van der Waals surface area (Å²) in [6.07, 6.45) is 7.61. The minimum absolute atomic E-state index is 0.276. The maximum absolute atomic E-state index is 10.6. The van der Waals surface area contributed by atoms with Crippen molar-refractivity contribution in [1.29, 1.82) is 0 Å². The molecule has 0 saturated heterocycles. The molecule has 0 aromatic heterocycles. The first-order valence-corrected chi connectivity index (χ1v) is 5.48. The monoisotopic (exact) mass is 222 g/mol. The number of hydrogen-bond donors (Lipinski definition) is 0. The van der Waals surface area contributed by atoms with E-state index < -0.39 is 0 Å². The molecule has 0 aromatic carbocycles. The summed E-state index contributed by atoms with van der Waals surface area (Å²) >= 11 is 0. The van der Waals surface area contributed by atoms with E-state index in [-0.39, 0.29) is 4.92 Å². The van der Waals surface area contributed by atoms with Crippen molar-refractivity contribution in [1.82, 2.24) is 4.90 Å². The molecule has 0 aromatic rings. The molecule has 1 atom stereocenters. The Bertz CT molecular complexity index is 300. The Hall–Kier alpha value is -1.42. The second-order valence-corrected chi connectivity index (χ2v) is 3.91. The summed E-state index contributed by atoms with van der Waals surface area (Å²) in [4.78, 5) is 12.5. The van der Waals surface area contributed by atoms with Gasteiger partial charge in [-0.05, 0) is 18.9 Å². The second-order valence-electron chi connectivity index (χ2n) is 3.91. The van der Waals surface area contributed by atoms with Crippen molar-refractivity contribution in [2.45, 2.75) is 25.3 Å². The predicted octanol–water partition coefficient (Wildman–Crippen LogP) is 2.37. The van der Waals surface area contributed by atoms with E-state index in [1.54, 1.807) is 6.08 Å². The van der Waals surface area contributed by atoms with E-state index in [0.717, 1.165) is 25.9 Å². The van der Waals surface area contributed by atoms with Crippen LogP contribution in [0.3, 0.4) is 0 Å². The number of allylic oxidation sites excluding steroid dienone is 1. The average molecular weight is 222 g/mol. The van der Waals surface area contributed by atoms with Crippen molar-refractivity contribution in [2.75, 3.05) is 13.1 Å². The highest BCUT2D eigenvalue weighted by atomic mass is 16.6. The predicted molar refractivity (Wildman–Crippen MR) is 64.7 cm³/mol. The summed E-state index contributed by atoms with van der Waals surface area (Å²) in [6, 6.07) is 0.375. The van der Waals surface area contributed by atoms with Crippen molar-refractivity contribution < 1.29 is 4.92 Å². The van der Waals surface area contributed by atoms with Gasteiger partial charge in [0.1, 0.15) is 0 Å². The first kappa shape index (κ1) is 12.6. The molecule has 4 nitrogen and oxygen atoms in total. The topological polar surface area (TPSA) is 46.4 Å². The average Bonchev–Trinajstić information content (AvgIpc) is 2.29. The van der Waals surface area contributed by atoms with Crippen LogP contribution in [0.5, 0.6) is 0 Å². The first-order chi connectivity index (χ1) is 7.69. The molecule has 1 aliphatic carbocycles. The SMILES string of the molecule is C=CCN(CC=C)C1CC=C([N+](=O)[O-])CC1. The van der Waals surface area contributed by atoms with Gasteiger partial charge in [-0.15, -0.1) is 13.2 Å². The van der Waals surface area contributed by atoms with Gasteiger partial charge in [0.2, 0.25) is 5.70 Å². The zero-order chi connectivity index (χ0) is 12.0. The van der Waals surface area contributed by atoms with Crippen LogP contribution in [-0.4, -0.2) is 29.0 Å². The number of nitro groups is 1. The van der Waals surface area contributed by atoms with Crippen LogP contribution in [0.25, 0.3) is 0 Å². The van der Waals surface area contributed by atoms with Gasteiger partial charge in [-0.1, -0.05) is 12.2 Å². The van der Waals surface area contributed by atoms with Gasteiger partial charge in [0.05, 0.1) is 4.92 Å². The fourth-order valence-electron chi connectivity index (χ4n) is 2.01. The zero-order valence-corrected chi connectivity index (χ0v) is 9.47. The van der Waals surface area contributed by atoms with Crippen LogP contribution in [0.1, 0.15) is 19.3 Å². The van der Waals surface area contributed by atoms with Crippen LogP contribution >= 0.6 is 0 Å². The molecule has 88 valence electrons. The Labute approximate surface area is 96.1 Å². The first-order valence-electron chi connectivity index (χ1n) is 5.48. The lowest BCUT2D eigenvalue weighted by Crippen LogP contribution is -2.36. The van der Waals surface area contributed by atoms with E-state index >= 15 is 0 Å². The molecule has 0 saturated carbocycles. The minimum Gasteiger partial charge on any atom is -0.293 e. The molecular formula is C12H18N2O2. The smallest absolute Gasteiger partial charge is 0.242 e. The summed E-state index contributed by atoms with van der Waals surface area (Å²) in [5, 5.41) is 10.6. The Morgan fingerprint density at radius 2 is 2.12 bits per heavy atom. The summed E-state index contributed by atoms with van der Waals surface area (Å²) < 4.78 is 0. The molecule has 0 N–H and O–H groups in total. The van der Waals surface area contributed by atoms with Crippen LogP contribution in [0, 0.1) is 10.1 Å². The molecule has 0 heterocycles. The van der Waals surface area contributed by atoms with Gasteiger partial charge in [-0.3, -0.25) is 15.0 Å². The summed E-state index contributed by atoms with van der Waals surface area (Å²) in [7, 11) is 0. The third-order valence-electron chi connectivity index (χ3n) is 2.84. The number of rotatable bonds is 6. The number of nitrogens with zero attached hydrogens (tertiary/aromatic N) is 2. The third kappa shape index (κ3) is 3.31. The van der Waals surface area contributed by atoms with Gasteiger partial charge in [-0.2, -0.15) is 0 Å². The van der Waals surface area contributed by atoms with E-state index in [9.17, 15) is 10.1 Å². The Balaban J connectivity index is 2.58. The Morgan fingerprint density at radius 1 is 1.50 bits per heavy atom. The van der Waals surface area contributed by atoms with Gasteiger partial charge in [0.25, 0.3) is 0 Å². The van der Waals surface area contributed by atoms with Gasteiger partial charge < -0.3 is 0 Å². The highest BCUT2D eigenvalue weighted by molar-refractivity contribution is 5.01. The van der Waals surface area contributed by atoms with E-state index in [2.05, 4.69) is 18.1 Å². The molecule has 0 spiro atoms. The van der Waals surface area contributed by atoms with Crippen molar-refractivity contribution in [3.63, 3.8) is 0 Å². The van der Waals surface area contributed by atoms with Crippen LogP contribution < -0.4 is 0 Å². The van der Waals surface area contributed by atoms with E-state index in [4.69, 9.17) is 0 Å². The molecular weight excluding hydrogens is 204 g/mol. The van der Waals surface area contributed by atoms with Crippen LogP contribution in [-0.2, 0) is 0 Å². The maximum atomic E-state index is 10.6. The molecule has 0 amide bonds. The quantitative estimate of drug-likeness (QED) is 0.394. The van der Waals surface area contributed by atoms with Gasteiger partial charge in [0.15, 0.2) is 0 Å². The van der Waals surface area contributed by atoms with Crippen LogP contribution in [0.15, 0.2) is 37.1 Å². The van der Waals surface area contributed by atoms with Crippen molar-refractivity contribution >= 4 is 0 Å². The van der Waals surface area contributed by atoms with Gasteiger partial charge in [-0.25, -0.2) is 0 Å². The molecule has 0 aliphatic heterocycles. The highest BCUT2D eigenvalue weighted by Crippen LogP contribution is 2.22. The normalized spacial score (nSPS) is 20.3. The molecule has 0 bridgehead atoms. The maximum Gasteiger partial charge on any atom is 0.242 e. The molecule has 1 unspecified atom stereocenters. The van der Waals surface area contributed by atoms with E-state index in [0.29, 0.717) is 18.2 Å². The molecule has 4 heteroatoms. The molecule has 0 radical (unpaired) electrons. The van der Waals surface area contributed by atoms with Gasteiger partial charge in [0, 0.05) is 25.6 Å². The van der Waals surface area contributed by atoms with Crippen molar-refractivity contribution in [3.05, 3.63) is 47.2 Å². The summed E-state index contributed by atoms with van der Waals surface area (Å²) in [6.45, 7) is 9.05. The molecule has 16 heavy (non-hydrogen) atoms. The lowest BCUT2D eigenvalue weighted by molar-refractivity contribution is -0.429. The third-order valence-corrected chi connectivity index (χ3v) is 2.84. The van der Waals surface area contributed by atoms with Crippen molar-refractivity contribution in [2.24, 2.45) is 0 Å². The zero-order valence-electron chi connectivity index (χ0n) is 9.47. The number of hydrogen-bond acceptors (Lipinski definition) is 3. The lowest BCUT2D eigenvalue weighted by Gasteiger charge is -2.30. The fraction of sp³-hybridized carbons (Fsp3) is 0.500. The van der Waals surface area contributed by atoms with Crippen LogP contribution in [0.2, 0.25) is 0 Å². The van der Waals surface area contributed by atoms with Crippen molar-refractivity contribution in [3.8, 4) is 0 Å². The van der Waals surface area contributed by atoms with Gasteiger partial charge >= 0.3 is 0 Å². The second kappa shape index (κ2) is 6.23. The fourth-order valence-corrected chi connectivity index (χ4v) is 2.01. The molecule has 0 fully saturated rings. The van der Waals surface area contributed by atoms with E-state index in [1.165, 1.54) is 0 Å². The van der Waals surface area contributed by atoms with Crippen LogP contribution in [0.4, 0.5) is 0 Å². The molecule has 1 aliphatic rings. The van der Waals surface area contributed by atoms with E-state index in [1.807, 2.05) is 12.2 Å². The highest BCUT2D eigenvalue weighted by Gasteiger charge is 2.24. The largest absolute Gasteiger partial charge is 0.293 e. The standard InChI is InChI=1S/C12H18N2O2/c1-3-9-13(10-4-2)11-5-7-12(8-6-11)14(15)16/h3-4,7,11H,1-2,5-6,8-10H2. The summed E-state index contributed by atoms with van der Waals surface area (Å²) in [5.41, 5.74) is 0.355. The lowest BCUT2D eigenvalue weighted by atomic mass is 9.98. The summed E-state index contributed by atoms with van der Waals surface area (Å²) in [5.74, 6) is 0. The molecule has 1 rings (SSSR count).